The van der Waals surface area contributed by atoms with Crippen LogP contribution in [0.5, 0.6) is 0 Å². The van der Waals surface area contributed by atoms with Gasteiger partial charge in [-0.2, -0.15) is 12.6 Å². The third-order valence-corrected chi connectivity index (χ3v) is 5.41. The minimum absolute atomic E-state index is 0.00376. The maximum atomic E-state index is 13.0. The van der Waals surface area contributed by atoms with Crippen LogP contribution in [-0.4, -0.2) is 82.3 Å². The predicted molar refractivity (Wildman–Crippen MR) is 138 cm³/mol. The summed E-state index contributed by atoms with van der Waals surface area (Å²) in [5, 5.41) is 25.8. The summed E-state index contributed by atoms with van der Waals surface area (Å²) in [6, 6.07) is 3.24. The number of carboxylic acids is 2. The van der Waals surface area contributed by atoms with Crippen LogP contribution in [0.15, 0.2) is 35.3 Å². The van der Waals surface area contributed by atoms with Crippen LogP contribution in [0.3, 0.4) is 0 Å². The Hall–Kier alpha value is -3.85. The Labute approximate surface area is 218 Å². The third-order valence-electron chi connectivity index (χ3n) is 5.02. The highest BCUT2D eigenvalue weighted by atomic mass is 32.1. The normalized spacial score (nSPS) is 13.8. The second-order valence-corrected chi connectivity index (χ2v) is 8.41. The lowest BCUT2D eigenvalue weighted by Crippen LogP contribution is -2.57. The van der Waals surface area contributed by atoms with E-state index in [-0.39, 0.29) is 37.5 Å². The van der Waals surface area contributed by atoms with E-state index in [0.29, 0.717) is 5.56 Å². The van der Waals surface area contributed by atoms with Gasteiger partial charge in [0.2, 0.25) is 17.7 Å². The molecule has 0 spiro atoms. The van der Waals surface area contributed by atoms with Crippen molar-refractivity contribution in [1.82, 2.24) is 16.0 Å². The van der Waals surface area contributed by atoms with E-state index in [2.05, 4.69) is 33.6 Å². The zero-order valence-electron chi connectivity index (χ0n) is 20.0. The number of carboxylic acid groups (broad SMARTS) is 2. The molecule has 0 saturated carbocycles. The van der Waals surface area contributed by atoms with Crippen LogP contribution in [0, 0.1) is 0 Å². The molecule has 204 valence electrons. The molecule has 14 nitrogen and oxygen atoms in total. The highest BCUT2D eigenvalue weighted by molar-refractivity contribution is 7.80. The fourth-order valence-corrected chi connectivity index (χ4v) is 3.28. The van der Waals surface area contributed by atoms with Crippen LogP contribution in [-0.2, 0) is 30.4 Å². The number of nitrogens with one attached hydrogen (secondary N) is 3. The number of hydrogen-bond donors (Lipinski definition) is 9. The zero-order chi connectivity index (χ0) is 28.0. The molecule has 0 saturated heterocycles. The first-order chi connectivity index (χ1) is 17.4. The first-order valence-corrected chi connectivity index (χ1v) is 11.9. The molecular formula is C22H33N7O7S. The van der Waals surface area contributed by atoms with Gasteiger partial charge in [-0.15, -0.1) is 0 Å². The van der Waals surface area contributed by atoms with Crippen LogP contribution < -0.4 is 33.2 Å². The summed E-state index contributed by atoms with van der Waals surface area (Å²) >= 11 is 3.94. The van der Waals surface area contributed by atoms with Gasteiger partial charge in [0.1, 0.15) is 18.1 Å². The van der Waals surface area contributed by atoms with E-state index < -0.39 is 60.2 Å². The van der Waals surface area contributed by atoms with E-state index in [1.54, 1.807) is 30.3 Å². The molecule has 4 atom stereocenters. The minimum atomic E-state index is -1.63. The second kappa shape index (κ2) is 16.0. The number of aliphatic carboxylic acids is 2. The Morgan fingerprint density at radius 3 is 2.00 bits per heavy atom. The van der Waals surface area contributed by atoms with Gasteiger partial charge in [0.05, 0.1) is 12.5 Å². The summed E-state index contributed by atoms with van der Waals surface area (Å²) in [5.41, 5.74) is 16.8. The van der Waals surface area contributed by atoms with E-state index in [0.717, 1.165) is 0 Å². The molecule has 1 rings (SSSR count). The van der Waals surface area contributed by atoms with Gasteiger partial charge in [0.25, 0.3) is 0 Å². The van der Waals surface area contributed by atoms with Gasteiger partial charge in [-0.3, -0.25) is 24.2 Å². The molecule has 3 amide bonds. The lowest BCUT2D eigenvalue weighted by molar-refractivity contribution is -0.143. The number of aliphatic imine (C=N–C) groups is 1. The summed E-state index contributed by atoms with van der Waals surface area (Å²) in [7, 11) is 0. The number of nitrogens with zero attached hydrogens (tertiary/aromatic N) is 1. The van der Waals surface area contributed by atoms with Gasteiger partial charge in [-0.05, 0) is 18.4 Å². The molecule has 37 heavy (non-hydrogen) atoms. The number of nitrogens with two attached hydrogens (primary N) is 3. The van der Waals surface area contributed by atoms with Crippen LogP contribution in [0.2, 0.25) is 0 Å². The molecule has 0 heterocycles. The molecule has 11 N–H and O–H groups in total. The summed E-state index contributed by atoms with van der Waals surface area (Å²) in [6.45, 7) is 0.138. The van der Waals surface area contributed by atoms with Crippen molar-refractivity contribution in [3.05, 3.63) is 35.9 Å². The van der Waals surface area contributed by atoms with E-state index in [4.69, 9.17) is 17.2 Å². The van der Waals surface area contributed by atoms with E-state index in [9.17, 15) is 34.2 Å². The average Bonchev–Trinajstić information content (AvgIpc) is 2.84. The number of thiol groups is 1. The maximum Gasteiger partial charge on any atom is 0.326 e. The molecule has 4 unspecified atom stereocenters. The van der Waals surface area contributed by atoms with Gasteiger partial charge in [-0.25, -0.2) is 4.79 Å². The van der Waals surface area contributed by atoms with Crippen molar-refractivity contribution in [2.24, 2.45) is 22.2 Å². The molecule has 15 heteroatoms. The fraction of sp³-hybridized carbons (Fsp3) is 0.455. The fourth-order valence-electron chi connectivity index (χ4n) is 3.11. The lowest BCUT2D eigenvalue weighted by Gasteiger charge is -2.24. The summed E-state index contributed by atoms with van der Waals surface area (Å²) in [4.78, 5) is 64.9. The minimum Gasteiger partial charge on any atom is -0.481 e. The van der Waals surface area contributed by atoms with Crippen LogP contribution in [0.25, 0.3) is 0 Å². The smallest absolute Gasteiger partial charge is 0.326 e. The molecule has 1 aromatic rings. The average molecular weight is 540 g/mol. The Morgan fingerprint density at radius 2 is 1.46 bits per heavy atom. The molecule has 1 aromatic carbocycles. The number of carbonyl (C=O) groups excluding carboxylic acids is 3. The SMILES string of the molecule is NC(N)=NCCCC(NC(=O)C(N)CS)C(=O)NC(CC(=O)O)C(=O)NC(Cc1ccccc1)C(=O)O. The molecule has 0 aliphatic rings. The highest BCUT2D eigenvalue weighted by Crippen LogP contribution is 2.06. The van der Waals surface area contributed by atoms with Crippen LogP contribution in [0.1, 0.15) is 24.8 Å². The molecular weight excluding hydrogens is 506 g/mol. The molecule has 0 aliphatic carbocycles. The van der Waals surface area contributed by atoms with Gasteiger partial charge in [-0.1, -0.05) is 30.3 Å². The van der Waals surface area contributed by atoms with Gasteiger partial charge < -0.3 is 43.4 Å². The summed E-state index contributed by atoms with van der Waals surface area (Å²) in [5.74, 6) is -5.51. The number of guanidine groups is 1. The summed E-state index contributed by atoms with van der Waals surface area (Å²) in [6.07, 6.45) is -0.623. The highest BCUT2D eigenvalue weighted by Gasteiger charge is 2.31. The topological polar surface area (TPSA) is 252 Å². The molecule has 0 aromatic heterocycles. The van der Waals surface area contributed by atoms with Crippen molar-refractivity contribution in [2.75, 3.05) is 12.3 Å². The number of benzene rings is 1. The van der Waals surface area contributed by atoms with E-state index in [1.165, 1.54) is 0 Å². The van der Waals surface area contributed by atoms with Crippen LogP contribution in [0.4, 0.5) is 0 Å². The maximum absolute atomic E-state index is 13.0. The van der Waals surface area contributed by atoms with Crippen molar-refractivity contribution in [1.29, 1.82) is 0 Å². The third kappa shape index (κ3) is 12.1. The first-order valence-electron chi connectivity index (χ1n) is 11.3. The van der Waals surface area contributed by atoms with Crippen molar-refractivity contribution < 1.29 is 34.2 Å². The van der Waals surface area contributed by atoms with Gasteiger partial charge >= 0.3 is 11.9 Å². The molecule has 0 fully saturated rings. The molecule has 0 radical (unpaired) electrons. The Balaban J connectivity index is 3.02. The largest absolute Gasteiger partial charge is 0.481 e. The monoisotopic (exact) mass is 539 g/mol. The van der Waals surface area contributed by atoms with Crippen LogP contribution >= 0.6 is 12.6 Å². The zero-order valence-corrected chi connectivity index (χ0v) is 20.9. The van der Waals surface area contributed by atoms with Crippen molar-refractivity contribution in [2.45, 2.75) is 49.9 Å². The van der Waals surface area contributed by atoms with Crippen molar-refractivity contribution >= 4 is 48.2 Å². The standard InChI is InChI=1S/C22H33N7O7S/c23-13(11-37)18(32)27-14(7-4-8-26-22(24)25)19(33)28-15(10-17(30)31)20(34)29-16(21(35)36)9-12-5-2-1-3-6-12/h1-3,5-6,13-16,37H,4,7-11,23H2,(H,27,32)(H,28,33)(H,29,34)(H,30,31)(H,35,36)(H4,24,25,26). The number of carbonyl (C=O) groups is 5. The van der Waals surface area contributed by atoms with Gasteiger partial charge in [0, 0.05) is 18.7 Å². The second-order valence-electron chi connectivity index (χ2n) is 8.05. The van der Waals surface area contributed by atoms with Gasteiger partial charge in [0.15, 0.2) is 5.96 Å². The number of rotatable bonds is 16. The lowest BCUT2D eigenvalue weighted by atomic mass is 10.0. The number of amides is 3. The summed E-state index contributed by atoms with van der Waals surface area (Å²) < 4.78 is 0. The van der Waals surface area contributed by atoms with E-state index in [1.807, 2.05) is 0 Å². The Kier molecular flexibility index (Phi) is 13.5. The Morgan fingerprint density at radius 1 is 0.892 bits per heavy atom. The predicted octanol–water partition coefficient (Wildman–Crippen LogP) is -2.45. The quantitative estimate of drug-likeness (QED) is 0.0464. The Bertz CT molecular complexity index is 973. The molecule has 0 aliphatic heterocycles. The van der Waals surface area contributed by atoms with Crippen molar-refractivity contribution in [3.8, 4) is 0 Å². The number of hydrogen-bond acceptors (Lipinski definition) is 8. The van der Waals surface area contributed by atoms with E-state index >= 15 is 0 Å². The molecule has 0 bridgehead atoms. The van der Waals surface area contributed by atoms with Crippen molar-refractivity contribution in [3.63, 3.8) is 0 Å². The first kappa shape index (κ1) is 31.2.